The number of aromatic nitrogens is 3. The van der Waals surface area contributed by atoms with Crippen LogP contribution < -0.4 is 5.32 Å². The number of ether oxygens (including phenoxy) is 1. The third-order valence-corrected chi connectivity index (χ3v) is 5.51. The van der Waals surface area contributed by atoms with E-state index in [9.17, 15) is 18.0 Å². The summed E-state index contributed by atoms with van der Waals surface area (Å²) >= 11 is 0. The van der Waals surface area contributed by atoms with E-state index in [4.69, 9.17) is 4.74 Å². The lowest BCUT2D eigenvalue weighted by atomic mass is 10.1. The van der Waals surface area contributed by atoms with Gasteiger partial charge in [-0.25, -0.2) is 23.2 Å². The number of nitrogens with zero attached hydrogens (tertiary/aromatic N) is 4. The van der Waals surface area contributed by atoms with Crippen LogP contribution in [-0.2, 0) is 25.8 Å². The maximum atomic E-state index is 12.5. The first-order valence-corrected chi connectivity index (χ1v) is 11.6. The standard InChI is InChI=1S/C19H27N5O5S/c1-19(2,3)29-18(26)24-8-5-6-13(11-24)21-15(25)10-14-12-23-9-7-20-17(16(23)22-14)30(4,27)28/h7,9,12-13H,5-6,8,10-11H2,1-4H3,(H,21,25)/t13-/m0/s1. The van der Waals surface area contributed by atoms with Gasteiger partial charge in [-0.3, -0.25) is 4.79 Å². The van der Waals surface area contributed by atoms with Gasteiger partial charge in [-0.1, -0.05) is 0 Å². The van der Waals surface area contributed by atoms with Crippen LogP contribution in [0, 0.1) is 0 Å². The molecule has 0 aromatic carbocycles. The fourth-order valence-corrected chi connectivity index (χ4v) is 4.06. The lowest BCUT2D eigenvalue weighted by Crippen LogP contribution is -2.51. The van der Waals surface area contributed by atoms with Gasteiger partial charge in [-0.15, -0.1) is 0 Å². The smallest absolute Gasteiger partial charge is 0.410 e. The van der Waals surface area contributed by atoms with Gasteiger partial charge in [0.2, 0.25) is 5.91 Å². The van der Waals surface area contributed by atoms with Gasteiger partial charge in [0.25, 0.3) is 0 Å². The van der Waals surface area contributed by atoms with Crippen molar-refractivity contribution in [3.63, 3.8) is 0 Å². The summed E-state index contributed by atoms with van der Waals surface area (Å²) in [6.07, 6.45) is 6.77. The molecule has 164 valence electrons. The third-order valence-electron chi connectivity index (χ3n) is 4.52. The fraction of sp³-hybridized carbons (Fsp3) is 0.579. The molecule has 0 saturated carbocycles. The van der Waals surface area contributed by atoms with Crippen molar-refractivity contribution in [1.29, 1.82) is 0 Å². The molecule has 1 atom stereocenters. The maximum absolute atomic E-state index is 12.5. The molecule has 1 fully saturated rings. The van der Waals surface area contributed by atoms with Crippen molar-refractivity contribution in [3.05, 3.63) is 24.3 Å². The SMILES string of the molecule is CC(C)(C)OC(=O)N1CCC[C@H](NC(=O)Cc2cn3ccnc(S(C)(=O)=O)c3n2)C1. The minimum Gasteiger partial charge on any atom is -0.444 e. The van der Waals surface area contributed by atoms with Crippen LogP contribution in [0.1, 0.15) is 39.3 Å². The van der Waals surface area contributed by atoms with Crippen LogP contribution in [0.25, 0.3) is 5.65 Å². The van der Waals surface area contributed by atoms with E-state index < -0.39 is 15.4 Å². The summed E-state index contributed by atoms with van der Waals surface area (Å²) in [5.41, 5.74) is 0.0533. The normalized spacial score (nSPS) is 17.7. The zero-order chi connectivity index (χ0) is 22.1. The molecule has 1 aliphatic rings. The average Bonchev–Trinajstić information content (AvgIpc) is 3.01. The molecule has 2 aromatic rings. The van der Waals surface area contributed by atoms with Crippen LogP contribution >= 0.6 is 0 Å². The van der Waals surface area contributed by atoms with E-state index in [0.717, 1.165) is 19.1 Å². The van der Waals surface area contributed by atoms with Crippen molar-refractivity contribution < 1.29 is 22.7 Å². The Morgan fingerprint density at radius 1 is 1.33 bits per heavy atom. The van der Waals surface area contributed by atoms with Gasteiger partial charge in [0.15, 0.2) is 20.5 Å². The van der Waals surface area contributed by atoms with Crippen molar-refractivity contribution in [2.45, 2.75) is 56.7 Å². The highest BCUT2D eigenvalue weighted by Crippen LogP contribution is 2.17. The number of carbonyl (C=O) groups excluding carboxylic acids is 2. The molecule has 0 bridgehead atoms. The second kappa shape index (κ2) is 8.21. The number of carbonyl (C=O) groups is 2. The number of likely N-dealkylation sites (tertiary alicyclic amines) is 1. The summed E-state index contributed by atoms with van der Waals surface area (Å²) in [4.78, 5) is 34.6. The van der Waals surface area contributed by atoms with Gasteiger partial charge in [0, 0.05) is 44.0 Å². The second-order valence-electron chi connectivity index (χ2n) is 8.48. The largest absolute Gasteiger partial charge is 0.444 e. The van der Waals surface area contributed by atoms with E-state index in [0.29, 0.717) is 18.8 Å². The molecule has 1 aliphatic heterocycles. The van der Waals surface area contributed by atoms with E-state index in [1.54, 1.807) is 17.3 Å². The Morgan fingerprint density at radius 2 is 2.07 bits per heavy atom. The highest BCUT2D eigenvalue weighted by atomic mass is 32.2. The van der Waals surface area contributed by atoms with Crippen LogP contribution in [0.4, 0.5) is 4.79 Å². The van der Waals surface area contributed by atoms with Gasteiger partial charge in [0.05, 0.1) is 12.1 Å². The number of imidazole rings is 1. The lowest BCUT2D eigenvalue weighted by molar-refractivity contribution is -0.121. The second-order valence-corrected chi connectivity index (χ2v) is 10.4. The summed E-state index contributed by atoms with van der Waals surface area (Å²) < 4.78 is 30.7. The Labute approximate surface area is 175 Å². The zero-order valence-corrected chi connectivity index (χ0v) is 18.4. The van der Waals surface area contributed by atoms with Gasteiger partial charge in [0.1, 0.15) is 5.60 Å². The van der Waals surface area contributed by atoms with Crippen LogP contribution in [0.2, 0.25) is 0 Å². The van der Waals surface area contributed by atoms with Crippen LogP contribution in [0.3, 0.4) is 0 Å². The molecule has 0 spiro atoms. The Morgan fingerprint density at radius 3 is 2.73 bits per heavy atom. The number of nitrogens with one attached hydrogen (secondary N) is 1. The predicted octanol–water partition coefficient (Wildman–Crippen LogP) is 1.19. The van der Waals surface area contributed by atoms with Crippen molar-refractivity contribution in [2.75, 3.05) is 19.3 Å². The van der Waals surface area contributed by atoms with Crippen LogP contribution in [0.5, 0.6) is 0 Å². The molecule has 3 rings (SSSR count). The molecule has 0 radical (unpaired) electrons. The van der Waals surface area contributed by atoms with Crippen molar-refractivity contribution >= 4 is 27.5 Å². The highest BCUT2D eigenvalue weighted by molar-refractivity contribution is 7.90. The Balaban J connectivity index is 1.64. The molecule has 1 saturated heterocycles. The number of hydrogen-bond donors (Lipinski definition) is 1. The molecule has 1 N–H and O–H groups in total. The first kappa shape index (κ1) is 22.0. The molecule has 30 heavy (non-hydrogen) atoms. The summed E-state index contributed by atoms with van der Waals surface area (Å²) in [6, 6.07) is -0.177. The van der Waals surface area contributed by atoms with Crippen LogP contribution in [0.15, 0.2) is 23.6 Å². The molecular formula is C19H27N5O5S. The molecule has 3 heterocycles. The van der Waals surface area contributed by atoms with E-state index in [1.165, 1.54) is 10.6 Å². The fourth-order valence-electron chi connectivity index (χ4n) is 3.32. The van der Waals surface area contributed by atoms with E-state index >= 15 is 0 Å². The minimum absolute atomic E-state index is 0.00613. The molecule has 10 nitrogen and oxygen atoms in total. The van der Waals surface area contributed by atoms with E-state index in [1.807, 2.05) is 20.8 Å². The highest BCUT2D eigenvalue weighted by Gasteiger charge is 2.28. The molecule has 2 amide bonds. The summed E-state index contributed by atoms with van der Waals surface area (Å²) in [7, 11) is -3.54. The molecule has 11 heteroatoms. The van der Waals surface area contributed by atoms with Crippen LogP contribution in [-0.4, -0.2) is 70.7 Å². The molecule has 0 aliphatic carbocycles. The summed E-state index contributed by atoms with van der Waals surface area (Å²) in [5, 5.41) is 2.80. The number of sulfone groups is 1. The molecular weight excluding hydrogens is 410 g/mol. The predicted molar refractivity (Wildman–Crippen MR) is 109 cm³/mol. The van der Waals surface area contributed by atoms with E-state index in [-0.39, 0.29) is 35.1 Å². The summed E-state index contributed by atoms with van der Waals surface area (Å²) in [5.74, 6) is -0.247. The van der Waals surface area contributed by atoms with Crippen molar-refractivity contribution in [1.82, 2.24) is 24.6 Å². The number of amides is 2. The van der Waals surface area contributed by atoms with Gasteiger partial charge in [-0.05, 0) is 33.6 Å². The number of fused-ring (bicyclic) bond motifs is 1. The third kappa shape index (κ3) is 5.47. The van der Waals surface area contributed by atoms with Crippen molar-refractivity contribution in [2.24, 2.45) is 0 Å². The lowest BCUT2D eigenvalue weighted by Gasteiger charge is -2.34. The maximum Gasteiger partial charge on any atom is 0.410 e. The zero-order valence-electron chi connectivity index (χ0n) is 17.6. The first-order chi connectivity index (χ1) is 13.9. The van der Waals surface area contributed by atoms with Crippen molar-refractivity contribution in [3.8, 4) is 0 Å². The Kier molecular flexibility index (Phi) is 6.02. The molecule has 2 aromatic heterocycles. The van der Waals surface area contributed by atoms with Gasteiger partial charge in [-0.2, -0.15) is 0 Å². The quantitative estimate of drug-likeness (QED) is 0.762. The average molecular weight is 438 g/mol. The molecule has 0 unspecified atom stereocenters. The first-order valence-electron chi connectivity index (χ1n) is 9.72. The number of rotatable bonds is 4. The number of hydrogen-bond acceptors (Lipinski definition) is 7. The van der Waals surface area contributed by atoms with Gasteiger partial charge < -0.3 is 19.4 Å². The Hall–Kier alpha value is -2.69. The van der Waals surface area contributed by atoms with E-state index in [2.05, 4.69) is 15.3 Å². The monoisotopic (exact) mass is 437 g/mol. The summed E-state index contributed by atoms with van der Waals surface area (Å²) in [6.45, 7) is 6.41. The minimum atomic E-state index is -3.54. The van der Waals surface area contributed by atoms with Gasteiger partial charge >= 0.3 is 6.09 Å². The number of piperidine rings is 1. The Bertz CT molecular complexity index is 1060. The topological polar surface area (TPSA) is 123 Å².